The second-order valence-corrected chi connectivity index (χ2v) is 10.2. The Bertz CT molecular complexity index is 522. The van der Waals surface area contributed by atoms with E-state index in [-0.39, 0.29) is 14.7 Å². The SMILES string of the molecule is CCCCCCC[Si]1CCC(c2cc(F)c(OCC(F)F)c(F)c2)CC1. The molecule has 0 N–H and O–H groups in total. The maximum atomic E-state index is 14.1. The van der Waals surface area contributed by atoms with E-state index < -0.39 is 30.4 Å². The van der Waals surface area contributed by atoms with Crippen LogP contribution >= 0.6 is 0 Å². The van der Waals surface area contributed by atoms with E-state index in [0.717, 1.165) is 12.8 Å². The van der Waals surface area contributed by atoms with Gasteiger partial charge in [-0.15, -0.1) is 0 Å². The van der Waals surface area contributed by atoms with E-state index in [9.17, 15) is 17.6 Å². The van der Waals surface area contributed by atoms with Gasteiger partial charge in [-0.2, -0.15) is 0 Å². The molecule has 0 spiro atoms. The van der Waals surface area contributed by atoms with Crippen LogP contribution in [0, 0.1) is 11.6 Å². The highest BCUT2D eigenvalue weighted by molar-refractivity contribution is 6.59. The molecule has 0 atom stereocenters. The molecule has 1 aromatic carbocycles. The molecular formula is C20H29F4OSi. The third-order valence-corrected chi connectivity index (χ3v) is 8.22. The van der Waals surface area contributed by atoms with Crippen molar-refractivity contribution in [1.29, 1.82) is 0 Å². The highest BCUT2D eigenvalue weighted by atomic mass is 28.3. The third kappa shape index (κ3) is 6.60. The molecule has 1 radical (unpaired) electrons. The quantitative estimate of drug-likeness (QED) is 0.239. The fourth-order valence-corrected chi connectivity index (χ4v) is 6.70. The van der Waals surface area contributed by atoms with Crippen molar-refractivity contribution in [2.75, 3.05) is 6.61 Å². The average Bonchev–Trinajstić information content (AvgIpc) is 2.61. The molecule has 26 heavy (non-hydrogen) atoms. The van der Waals surface area contributed by atoms with Crippen LogP contribution < -0.4 is 4.74 Å². The first-order chi connectivity index (χ1) is 12.5. The van der Waals surface area contributed by atoms with E-state index in [1.807, 2.05) is 0 Å². The summed E-state index contributed by atoms with van der Waals surface area (Å²) < 4.78 is 57.0. The first kappa shape index (κ1) is 21.3. The minimum Gasteiger partial charge on any atom is -0.482 e. The Hall–Kier alpha value is -1.04. The molecule has 0 amide bonds. The minimum absolute atomic E-state index is 0.164. The molecule has 2 rings (SSSR count). The number of rotatable bonds is 10. The number of ether oxygens (including phenoxy) is 1. The van der Waals surface area contributed by atoms with Crippen LogP contribution in [0.2, 0.25) is 18.1 Å². The van der Waals surface area contributed by atoms with Gasteiger partial charge >= 0.3 is 0 Å². The van der Waals surface area contributed by atoms with Gasteiger partial charge in [-0.25, -0.2) is 17.6 Å². The van der Waals surface area contributed by atoms with Gasteiger partial charge < -0.3 is 4.74 Å². The number of halogens is 4. The summed E-state index contributed by atoms with van der Waals surface area (Å²) in [6, 6.07) is 6.25. The number of unbranched alkanes of at least 4 members (excludes halogenated alkanes) is 4. The largest absolute Gasteiger partial charge is 0.482 e. The lowest BCUT2D eigenvalue weighted by Gasteiger charge is -2.28. The van der Waals surface area contributed by atoms with Crippen molar-refractivity contribution >= 4 is 8.80 Å². The molecule has 1 nitrogen and oxygen atoms in total. The molecule has 1 aliphatic heterocycles. The lowest BCUT2D eigenvalue weighted by molar-refractivity contribution is 0.0777. The average molecular weight is 390 g/mol. The number of alkyl halides is 2. The van der Waals surface area contributed by atoms with E-state index >= 15 is 0 Å². The van der Waals surface area contributed by atoms with Crippen molar-refractivity contribution in [3.05, 3.63) is 29.3 Å². The Kier molecular flexibility index (Phi) is 8.95. The van der Waals surface area contributed by atoms with Gasteiger partial charge in [0.25, 0.3) is 6.43 Å². The fourth-order valence-electron chi connectivity index (χ4n) is 3.69. The highest BCUT2D eigenvalue weighted by Gasteiger charge is 2.25. The second-order valence-electron chi connectivity index (χ2n) is 7.20. The molecule has 147 valence electrons. The zero-order valence-corrected chi connectivity index (χ0v) is 16.5. The number of hydrogen-bond donors (Lipinski definition) is 0. The Labute approximate surface area is 155 Å². The summed E-state index contributed by atoms with van der Waals surface area (Å²) in [6.45, 7) is 1.22. The van der Waals surface area contributed by atoms with E-state index in [2.05, 4.69) is 11.7 Å². The smallest absolute Gasteiger partial charge is 0.272 e. The van der Waals surface area contributed by atoms with Crippen molar-refractivity contribution in [1.82, 2.24) is 0 Å². The zero-order valence-electron chi connectivity index (χ0n) is 15.5. The monoisotopic (exact) mass is 389 g/mol. The van der Waals surface area contributed by atoms with Crippen molar-refractivity contribution in [2.45, 2.75) is 82.3 Å². The van der Waals surface area contributed by atoms with Gasteiger partial charge in [-0.3, -0.25) is 0 Å². The van der Waals surface area contributed by atoms with Crippen LogP contribution in [0.5, 0.6) is 5.75 Å². The van der Waals surface area contributed by atoms with Gasteiger partial charge in [-0.05, 0) is 36.5 Å². The molecule has 1 aromatic rings. The van der Waals surface area contributed by atoms with Crippen LogP contribution in [0.3, 0.4) is 0 Å². The van der Waals surface area contributed by atoms with Gasteiger partial charge in [0.2, 0.25) is 0 Å². The molecule has 6 heteroatoms. The first-order valence-corrected chi connectivity index (χ1v) is 11.9. The molecule has 0 aromatic heterocycles. The van der Waals surface area contributed by atoms with E-state index in [1.165, 1.54) is 62.4 Å². The zero-order chi connectivity index (χ0) is 18.9. The van der Waals surface area contributed by atoms with E-state index in [4.69, 9.17) is 0 Å². The van der Waals surface area contributed by atoms with Crippen LogP contribution in [0.1, 0.15) is 63.4 Å². The standard InChI is InChI=1S/C20H29F4OSi/c1-2-3-4-5-6-9-26-10-7-15(8-11-26)16-12-17(21)20(18(22)13-16)25-14-19(23)24/h12-13,15,19H,2-11,14H2,1H3. The summed E-state index contributed by atoms with van der Waals surface area (Å²) in [5, 5.41) is 0. The van der Waals surface area contributed by atoms with Gasteiger partial charge in [0.05, 0.1) is 0 Å². The van der Waals surface area contributed by atoms with Crippen LogP contribution in [-0.4, -0.2) is 21.8 Å². The van der Waals surface area contributed by atoms with Gasteiger partial charge in [-0.1, -0.05) is 57.2 Å². The maximum absolute atomic E-state index is 14.1. The van der Waals surface area contributed by atoms with Crippen LogP contribution in [0.15, 0.2) is 12.1 Å². The molecule has 0 bridgehead atoms. The fraction of sp³-hybridized carbons (Fsp3) is 0.700. The normalized spacial score (nSPS) is 16.4. The Morgan fingerprint density at radius 3 is 2.23 bits per heavy atom. The lowest BCUT2D eigenvalue weighted by atomic mass is 9.93. The van der Waals surface area contributed by atoms with Gasteiger partial charge in [0.15, 0.2) is 17.4 Å². The summed E-state index contributed by atoms with van der Waals surface area (Å²) >= 11 is 0. The van der Waals surface area contributed by atoms with Crippen LogP contribution in [-0.2, 0) is 0 Å². The molecule has 0 unspecified atom stereocenters. The predicted molar refractivity (Wildman–Crippen MR) is 98.8 cm³/mol. The molecule has 0 aliphatic carbocycles. The molecule has 1 heterocycles. The van der Waals surface area contributed by atoms with Crippen molar-refractivity contribution in [2.24, 2.45) is 0 Å². The van der Waals surface area contributed by atoms with Crippen molar-refractivity contribution in [3.8, 4) is 5.75 Å². The van der Waals surface area contributed by atoms with Gasteiger partial charge in [0, 0.05) is 8.80 Å². The predicted octanol–water partition coefficient (Wildman–Crippen LogP) is 6.95. The summed E-state index contributed by atoms with van der Waals surface area (Å²) in [4.78, 5) is 0. The molecule has 1 fully saturated rings. The van der Waals surface area contributed by atoms with Crippen molar-refractivity contribution in [3.63, 3.8) is 0 Å². The number of benzene rings is 1. The van der Waals surface area contributed by atoms with Crippen LogP contribution in [0.25, 0.3) is 0 Å². The van der Waals surface area contributed by atoms with Crippen molar-refractivity contribution < 1.29 is 22.3 Å². The topological polar surface area (TPSA) is 9.23 Å². The molecular weight excluding hydrogens is 360 g/mol. The van der Waals surface area contributed by atoms with Gasteiger partial charge in [0.1, 0.15) is 6.61 Å². The Morgan fingerprint density at radius 2 is 1.65 bits per heavy atom. The summed E-state index contributed by atoms with van der Waals surface area (Å²) in [5.74, 6) is -2.29. The Morgan fingerprint density at radius 1 is 1.04 bits per heavy atom. The molecule has 0 saturated carbocycles. The molecule has 1 saturated heterocycles. The first-order valence-electron chi connectivity index (χ1n) is 9.74. The van der Waals surface area contributed by atoms with E-state index in [0.29, 0.717) is 5.56 Å². The molecule has 1 aliphatic rings. The number of hydrogen-bond acceptors (Lipinski definition) is 1. The minimum atomic E-state index is -2.76. The summed E-state index contributed by atoms with van der Waals surface area (Å²) in [6.07, 6.45) is 5.73. The van der Waals surface area contributed by atoms with Crippen LogP contribution in [0.4, 0.5) is 17.6 Å². The maximum Gasteiger partial charge on any atom is 0.272 e. The van der Waals surface area contributed by atoms with E-state index in [1.54, 1.807) is 0 Å². The lowest BCUT2D eigenvalue weighted by Crippen LogP contribution is -2.20. The third-order valence-electron chi connectivity index (χ3n) is 5.17. The summed E-state index contributed by atoms with van der Waals surface area (Å²) in [7, 11) is -0.316. The second kappa shape index (κ2) is 10.9. The highest BCUT2D eigenvalue weighted by Crippen LogP contribution is 2.37. The summed E-state index contributed by atoms with van der Waals surface area (Å²) in [5.41, 5.74) is 0.633. The Balaban J connectivity index is 1.83.